The Bertz CT molecular complexity index is 761. The fraction of sp³-hybridized carbons (Fsp3) is 0.611. The van der Waals surface area contributed by atoms with Crippen molar-refractivity contribution in [3.8, 4) is 0 Å². The van der Waals surface area contributed by atoms with Crippen LogP contribution in [0.2, 0.25) is 0 Å². The predicted octanol–water partition coefficient (Wildman–Crippen LogP) is 2.08. The zero-order chi connectivity index (χ0) is 18.1. The zero-order valence-electron chi connectivity index (χ0n) is 15.4. The molecule has 1 aromatic carbocycles. The average molecular weight is 402 g/mol. The lowest BCUT2D eigenvalue weighted by Crippen LogP contribution is -2.43. The van der Waals surface area contributed by atoms with Crippen molar-refractivity contribution in [2.45, 2.75) is 33.1 Å². The number of carbonyl (C=O) groups is 1. The van der Waals surface area contributed by atoms with Gasteiger partial charge in [0.05, 0.1) is 11.4 Å². The van der Waals surface area contributed by atoms with Crippen LogP contribution in [0.4, 0.5) is 5.69 Å². The van der Waals surface area contributed by atoms with Crippen molar-refractivity contribution >= 4 is 34.0 Å². The van der Waals surface area contributed by atoms with Crippen LogP contribution in [-0.4, -0.2) is 46.3 Å². The molecule has 0 bridgehead atoms. The molecule has 2 N–H and O–H groups in total. The number of aryl methyl sites for hydroxylation is 1. The van der Waals surface area contributed by atoms with E-state index in [0.717, 1.165) is 31.5 Å². The van der Waals surface area contributed by atoms with Crippen LogP contribution in [0, 0.1) is 12.3 Å². The highest BCUT2D eigenvalue weighted by atomic mass is 35.5. The molecular formula is C18H28ClN3O3S. The number of benzene rings is 1. The van der Waals surface area contributed by atoms with E-state index in [-0.39, 0.29) is 29.5 Å². The van der Waals surface area contributed by atoms with E-state index >= 15 is 0 Å². The number of rotatable bonds is 4. The van der Waals surface area contributed by atoms with E-state index in [2.05, 4.69) is 17.6 Å². The number of carbonyl (C=O) groups excluding carboxylic acids is 1. The molecule has 0 atom stereocenters. The maximum Gasteiger partial charge on any atom is 0.251 e. The van der Waals surface area contributed by atoms with Gasteiger partial charge in [-0.2, -0.15) is 0 Å². The molecular weight excluding hydrogens is 374 g/mol. The average Bonchev–Trinajstić information content (AvgIpc) is 2.92. The largest absolute Gasteiger partial charge is 0.351 e. The number of halogens is 1. The smallest absolute Gasteiger partial charge is 0.251 e. The summed E-state index contributed by atoms with van der Waals surface area (Å²) in [6.07, 6.45) is 2.76. The SMILES string of the molecule is Cc1cc(N2CCCS2(=O)=O)ccc1C(=O)NCC1(C)CCNCC1.Cl. The van der Waals surface area contributed by atoms with Crippen molar-refractivity contribution in [2.24, 2.45) is 5.41 Å². The number of sulfonamides is 1. The second kappa shape index (κ2) is 8.15. The standard InChI is InChI=1S/C18H27N3O3S.ClH/c1-14-12-15(21-10-3-11-25(21,23)24)4-5-16(14)17(22)20-13-18(2)6-8-19-9-7-18;/h4-5,12,19H,3,6-11,13H2,1-2H3,(H,20,22);1H. The zero-order valence-corrected chi connectivity index (χ0v) is 17.0. The minimum atomic E-state index is -3.20. The topological polar surface area (TPSA) is 78.5 Å². The highest BCUT2D eigenvalue weighted by Gasteiger charge is 2.29. The Morgan fingerprint density at radius 2 is 2.00 bits per heavy atom. The molecule has 0 aliphatic carbocycles. The van der Waals surface area contributed by atoms with E-state index in [9.17, 15) is 13.2 Å². The number of anilines is 1. The van der Waals surface area contributed by atoms with Crippen LogP contribution in [0.3, 0.4) is 0 Å². The van der Waals surface area contributed by atoms with E-state index in [4.69, 9.17) is 0 Å². The quantitative estimate of drug-likeness (QED) is 0.809. The summed E-state index contributed by atoms with van der Waals surface area (Å²) in [5.41, 5.74) is 2.19. The van der Waals surface area contributed by atoms with Gasteiger partial charge in [0.1, 0.15) is 0 Å². The first-order valence-corrected chi connectivity index (χ1v) is 10.5. The molecule has 2 heterocycles. The number of piperidine rings is 1. The molecule has 2 fully saturated rings. The maximum absolute atomic E-state index is 12.6. The van der Waals surface area contributed by atoms with E-state index in [0.29, 0.717) is 30.8 Å². The van der Waals surface area contributed by atoms with Crippen LogP contribution < -0.4 is 14.9 Å². The molecule has 2 aliphatic heterocycles. The Morgan fingerprint density at radius 3 is 2.58 bits per heavy atom. The van der Waals surface area contributed by atoms with E-state index < -0.39 is 10.0 Å². The van der Waals surface area contributed by atoms with Crippen LogP contribution in [0.5, 0.6) is 0 Å². The summed E-state index contributed by atoms with van der Waals surface area (Å²) < 4.78 is 25.5. The second-order valence-electron chi connectivity index (χ2n) is 7.48. The normalized spacial score (nSPS) is 21.1. The summed E-state index contributed by atoms with van der Waals surface area (Å²) in [4.78, 5) is 12.6. The van der Waals surface area contributed by atoms with Gasteiger partial charge in [-0.3, -0.25) is 9.10 Å². The Balaban J connectivity index is 0.00000243. The fourth-order valence-corrected chi connectivity index (χ4v) is 5.14. The van der Waals surface area contributed by atoms with Crippen LogP contribution in [0.1, 0.15) is 42.1 Å². The number of hydrogen-bond acceptors (Lipinski definition) is 4. The summed E-state index contributed by atoms with van der Waals surface area (Å²) in [6, 6.07) is 5.26. The Labute approximate surface area is 162 Å². The number of hydrogen-bond donors (Lipinski definition) is 2. The van der Waals surface area contributed by atoms with E-state index in [1.54, 1.807) is 18.2 Å². The Morgan fingerprint density at radius 1 is 1.31 bits per heavy atom. The van der Waals surface area contributed by atoms with Crippen molar-refractivity contribution in [2.75, 3.05) is 36.2 Å². The van der Waals surface area contributed by atoms with Gasteiger partial charge < -0.3 is 10.6 Å². The lowest BCUT2D eigenvalue weighted by atomic mass is 9.81. The molecule has 2 saturated heterocycles. The molecule has 1 amide bonds. The molecule has 8 heteroatoms. The lowest BCUT2D eigenvalue weighted by Gasteiger charge is -2.34. The predicted molar refractivity (Wildman–Crippen MR) is 107 cm³/mol. The highest BCUT2D eigenvalue weighted by molar-refractivity contribution is 7.93. The summed E-state index contributed by atoms with van der Waals surface area (Å²) in [5.74, 6) is 0.106. The van der Waals surface area contributed by atoms with Gasteiger partial charge in [0.15, 0.2) is 0 Å². The number of nitrogens with zero attached hydrogens (tertiary/aromatic N) is 1. The van der Waals surface area contributed by atoms with Gasteiger partial charge >= 0.3 is 0 Å². The highest BCUT2D eigenvalue weighted by Crippen LogP contribution is 2.28. The van der Waals surface area contributed by atoms with E-state index in [1.165, 1.54) is 4.31 Å². The third-order valence-corrected chi connectivity index (χ3v) is 7.20. The van der Waals surface area contributed by atoms with Gasteiger partial charge in [0, 0.05) is 18.7 Å². The van der Waals surface area contributed by atoms with Gasteiger partial charge in [0.2, 0.25) is 10.0 Å². The molecule has 2 aliphatic rings. The lowest BCUT2D eigenvalue weighted by molar-refractivity contribution is 0.0921. The summed E-state index contributed by atoms with van der Waals surface area (Å²) in [5, 5.41) is 6.40. The summed E-state index contributed by atoms with van der Waals surface area (Å²) in [7, 11) is -3.20. The molecule has 0 saturated carbocycles. The molecule has 0 aromatic heterocycles. The van der Waals surface area contributed by atoms with Crippen molar-refractivity contribution in [3.63, 3.8) is 0 Å². The fourth-order valence-electron chi connectivity index (χ4n) is 3.58. The van der Waals surface area contributed by atoms with Crippen LogP contribution in [0.15, 0.2) is 18.2 Å². The summed E-state index contributed by atoms with van der Waals surface area (Å²) in [6.45, 7) is 7.22. The molecule has 146 valence electrons. The summed E-state index contributed by atoms with van der Waals surface area (Å²) >= 11 is 0. The first-order chi connectivity index (χ1) is 11.8. The van der Waals surface area contributed by atoms with Gasteiger partial charge in [-0.15, -0.1) is 12.4 Å². The number of nitrogens with one attached hydrogen (secondary N) is 2. The molecule has 0 spiro atoms. The van der Waals surface area contributed by atoms with Gasteiger partial charge in [-0.25, -0.2) is 8.42 Å². The third-order valence-electron chi connectivity index (χ3n) is 5.33. The Kier molecular flexibility index (Phi) is 6.58. The maximum atomic E-state index is 12.6. The molecule has 0 unspecified atom stereocenters. The van der Waals surface area contributed by atoms with Gasteiger partial charge in [0.25, 0.3) is 5.91 Å². The molecule has 6 nitrogen and oxygen atoms in total. The Hall–Kier alpha value is -1.31. The third kappa shape index (κ3) is 4.50. The molecule has 26 heavy (non-hydrogen) atoms. The monoisotopic (exact) mass is 401 g/mol. The van der Waals surface area contributed by atoms with Crippen molar-refractivity contribution in [1.29, 1.82) is 0 Å². The molecule has 3 rings (SSSR count). The minimum Gasteiger partial charge on any atom is -0.351 e. The van der Waals surface area contributed by atoms with Crippen LogP contribution in [0.25, 0.3) is 0 Å². The van der Waals surface area contributed by atoms with E-state index in [1.807, 2.05) is 6.92 Å². The number of amides is 1. The minimum absolute atomic E-state index is 0. The van der Waals surface area contributed by atoms with Crippen molar-refractivity contribution in [3.05, 3.63) is 29.3 Å². The van der Waals surface area contributed by atoms with Gasteiger partial charge in [-0.1, -0.05) is 6.92 Å². The van der Waals surface area contributed by atoms with Crippen molar-refractivity contribution in [1.82, 2.24) is 10.6 Å². The van der Waals surface area contributed by atoms with Crippen molar-refractivity contribution < 1.29 is 13.2 Å². The van der Waals surface area contributed by atoms with Gasteiger partial charge in [-0.05, 0) is 68.5 Å². The first-order valence-electron chi connectivity index (χ1n) is 8.91. The van der Waals surface area contributed by atoms with Crippen LogP contribution >= 0.6 is 12.4 Å². The molecule has 0 radical (unpaired) electrons. The molecule has 1 aromatic rings. The second-order valence-corrected chi connectivity index (χ2v) is 9.50. The first kappa shape index (κ1) is 21.0. The van der Waals surface area contributed by atoms with Crippen LogP contribution in [-0.2, 0) is 10.0 Å².